The molecule has 1 aliphatic rings. The zero-order chi connectivity index (χ0) is 10.1. The zero-order valence-electron chi connectivity index (χ0n) is 7.50. The molecule has 0 spiro atoms. The molecular weight excluding hydrogens is 355 g/mol. The molecule has 0 saturated heterocycles. The maximum Gasteiger partial charge on any atom is 0.103 e. The van der Waals surface area contributed by atoms with E-state index in [0.717, 1.165) is 16.0 Å². The summed E-state index contributed by atoms with van der Waals surface area (Å²) in [6.45, 7) is 0. The monoisotopic (exact) mass is 364 g/mol. The average Bonchev–Trinajstić information content (AvgIpc) is 2.94. The topological polar surface area (TPSA) is 38.4 Å². The number of nitrogens with two attached hydrogens (primary N) is 1. The highest BCUT2D eigenvalue weighted by molar-refractivity contribution is 14.1. The lowest BCUT2D eigenvalue weighted by Gasteiger charge is -2.00. The van der Waals surface area contributed by atoms with Gasteiger partial charge in [0.2, 0.25) is 0 Å². The molecule has 0 bridgehead atoms. The van der Waals surface area contributed by atoms with Crippen molar-refractivity contribution in [2.24, 2.45) is 16.6 Å². The molecule has 4 heteroatoms. The first-order valence-electron chi connectivity index (χ1n) is 4.46. The Balaban J connectivity index is 2.24. The Hall–Kier alpha value is -0.100. The van der Waals surface area contributed by atoms with Gasteiger partial charge in [0, 0.05) is 14.0 Å². The molecule has 2 N–H and O–H groups in total. The van der Waals surface area contributed by atoms with Crippen LogP contribution in [0.5, 0.6) is 0 Å². The van der Waals surface area contributed by atoms with E-state index in [1.807, 2.05) is 18.2 Å². The van der Waals surface area contributed by atoms with Crippen molar-refractivity contribution in [3.63, 3.8) is 0 Å². The fourth-order valence-corrected chi connectivity index (χ4v) is 1.88. The Morgan fingerprint density at radius 2 is 2.21 bits per heavy atom. The van der Waals surface area contributed by atoms with Gasteiger partial charge in [-0.15, -0.1) is 0 Å². The predicted octanol–water partition coefficient (Wildman–Crippen LogP) is 3.45. The minimum absolute atomic E-state index is 0.535. The third-order valence-electron chi connectivity index (χ3n) is 2.16. The van der Waals surface area contributed by atoms with Crippen LogP contribution in [0.15, 0.2) is 27.7 Å². The standard InChI is InChI=1S/C10H10BrIN2/c11-8-5-7(3-4-9(8)12)14-10(13)6-1-2-6/h3-6H,1-2H2,(H2,13,14). The first-order chi connectivity index (χ1) is 6.66. The second kappa shape index (κ2) is 4.18. The summed E-state index contributed by atoms with van der Waals surface area (Å²) in [5.41, 5.74) is 6.76. The smallest absolute Gasteiger partial charge is 0.103 e. The molecule has 74 valence electrons. The van der Waals surface area contributed by atoms with Crippen molar-refractivity contribution in [3.05, 3.63) is 26.2 Å². The molecule has 1 saturated carbocycles. The number of hydrogen-bond acceptors (Lipinski definition) is 1. The number of hydrogen-bond donors (Lipinski definition) is 1. The predicted molar refractivity (Wildman–Crippen MR) is 70.9 cm³/mol. The molecule has 1 aromatic carbocycles. The van der Waals surface area contributed by atoms with Crippen LogP contribution in [0.4, 0.5) is 5.69 Å². The van der Waals surface area contributed by atoms with Crippen molar-refractivity contribution in [1.29, 1.82) is 0 Å². The van der Waals surface area contributed by atoms with Crippen molar-refractivity contribution in [2.45, 2.75) is 12.8 Å². The Morgan fingerprint density at radius 1 is 1.50 bits per heavy atom. The number of benzene rings is 1. The summed E-state index contributed by atoms with van der Waals surface area (Å²) in [5, 5.41) is 0. The van der Waals surface area contributed by atoms with Gasteiger partial charge in [0.15, 0.2) is 0 Å². The van der Waals surface area contributed by atoms with Crippen LogP contribution >= 0.6 is 38.5 Å². The Morgan fingerprint density at radius 3 is 2.79 bits per heavy atom. The van der Waals surface area contributed by atoms with Crippen molar-refractivity contribution < 1.29 is 0 Å². The van der Waals surface area contributed by atoms with Gasteiger partial charge in [0.05, 0.1) is 5.69 Å². The van der Waals surface area contributed by atoms with Crippen LogP contribution in [0, 0.1) is 9.49 Å². The van der Waals surface area contributed by atoms with E-state index in [0.29, 0.717) is 5.92 Å². The molecule has 1 aromatic rings. The fourth-order valence-electron chi connectivity index (χ4n) is 1.17. The summed E-state index contributed by atoms with van der Waals surface area (Å²) >= 11 is 5.74. The van der Waals surface area contributed by atoms with Gasteiger partial charge in [-0.2, -0.15) is 0 Å². The SMILES string of the molecule is NC(=Nc1ccc(I)c(Br)c1)C1CC1. The van der Waals surface area contributed by atoms with Crippen LogP contribution in [0.25, 0.3) is 0 Å². The molecule has 2 nitrogen and oxygen atoms in total. The van der Waals surface area contributed by atoms with Crippen LogP contribution in [-0.4, -0.2) is 5.84 Å². The lowest BCUT2D eigenvalue weighted by molar-refractivity contribution is 1.15. The molecule has 0 aromatic heterocycles. The van der Waals surface area contributed by atoms with E-state index in [9.17, 15) is 0 Å². The van der Waals surface area contributed by atoms with Gasteiger partial charge < -0.3 is 5.73 Å². The fraction of sp³-hybridized carbons (Fsp3) is 0.300. The van der Waals surface area contributed by atoms with Crippen LogP contribution < -0.4 is 5.73 Å². The summed E-state index contributed by atoms with van der Waals surface area (Å²) in [4.78, 5) is 4.38. The van der Waals surface area contributed by atoms with E-state index in [4.69, 9.17) is 5.73 Å². The van der Waals surface area contributed by atoms with Gasteiger partial charge in [0.1, 0.15) is 5.84 Å². The van der Waals surface area contributed by atoms with E-state index in [1.165, 1.54) is 16.4 Å². The summed E-state index contributed by atoms with van der Waals surface area (Å²) in [5.74, 6) is 1.31. The second-order valence-electron chi connectivity index (χ2n) is 3.41. The maximum atomic E-state index is 5.83. The van der Waals surface area contributed by atoms with Gasteiger partial charge in [0.25, 0.3) is 0 Å². The van der Waals surface area contributed by atoms with Crippen molar-refractivity contribution >= 4 is 50.0 Å². The van der Waals surface area contributed by atoms with E-state index in [2.05, 4.69) is 43.5 Å². The van der Waals surface area contributed by atoms with E-state index < -0.39 is 0 Å². The third-order valence-corrected chi connectivity index (χ3v) is 4.50. The van der Waals surface area contributed by atoms with E-state index in [-0.39, 0.29) is 0 Å². The number of halogens is 2. The van der Waals surface area contributed by atoms with Crippen molar-refractivity contribution in [2.75, 3.05) is 0 Å². The van der Waals surface area contributed by atoms with Gasteiger partial charge in [-0.25, -0.2) is 4.99 Å². The highest BCUT2D eigenvalue weighted by atomic mass is 127. The van der Waals surface area contributed by atoms with E-state index in [1.54, 1.807) is 0 Å². The van der Waals surface area contributed by atoms with Crippen molar-refractivity contribution in [3.8, 4) is 0 Å². The average molecular weight is 365 g/mol. The molecule has 0 amide bonds. The number of rotatable bonds is 2. The molecule has 0 atom stereocenters. The summed E-state index contributed by atoms with van der Waals surface area (Å²) in [6, 6.07) is 6.02. The molecule has 1 aliphatic carbocycles. The highest BCUT2D eigenvalue weighted by Crippen LogP contribution is 2.31. The summed E-state index contributed by atoms with van der Waals surface area (Å²) < 4.78 is 2.26. The van der Waals surface area contributed by atoms with Gasteiger partial charge in [-0.05, 0) is 69.6 Å². The molecule has 0 radical (unpaired) electrons. The van der Waals surface area contributed by atoms with Gasteiger partial charge >= 0.3 is 0 Å². The Kier molecular flexibility index (Phi) is 3.11. The second-order valence-corrected chi connectivity index (χ2v) is 5.43. The first-order valence-corrected chi connectivity index (χ1v) is 6.33. The molecule has 0 aliphatic heterocycles. The maximum absolute atomic E-state index is 5.83. The van der Waals surface area contributed by atoms with Crippen LogP contribution in [0.3, 0.4) is 0 Å². The lowest BCUT2D eigenvalue weighted by atomic mass is 10.3. The number of aliphatic imine (C=N–C) groups is 1. The molecule has 0 heterocycles. The molecule has 2 rings (SSSR count). The Bertz CT molecular complexity index is 386. The largest absolute Gasteiger partial charge is 0.387 e. The van der Waals surface area contributed by atoms with Crippen LogP contribution in [-0.2, 0) is 0 Å². The minimum atomic E-state index is 0.535. The normalized spacial score (nSPS) is 17.1. The molecule has 14 heavy (non-hydrogen) atoms. The zero-order valence-corrected chi connectivity index (χ0v) is 11.2. The van der Waals surface area contributed by atoms with Crippen molar-refractivity contribution in [1.82, 2.24) is 0 Å². The van der Waals surface area contributed by atoms with Gasteiger partial charge in [-0.1, -0.05) is 0 Å². The highest BCUT2D eigenvalue weighted by Gasteiger charge is 2.25. The summed E-state index contributed by atoms with van der Waals surface area (Å²) in [6.07, 6.45) is 2.39. The third kappa shape index (κ3) is 2.48. The Labute approximate surface area is 105 Å². The minimum Gasteiger partial charge on any atom is -0.387 e. The quantitative estimate of drug-likeness (QED) is 0.487. The molecule has 0 unspecified atom stereocenters. The van der Waals surface area contributed by atoms with Crippen LogP contribution in [0.1, 0.15) is 12.8 Å². The van der Waals surface area contributed by atoms with Gasteiger partial charge in [-0.3, -0.25) is 0 Å². The lowest BCUT2D eigenvalue weighted by Crippen LogP contribution is -2.12. The molecular formula is C10H10BrIN2. The first kappa shape index (κ1) is 10.4. The summed E-state index contributed by atoms with van der Waals surface area (Å²) in [7, 11) is 0. The molecule has 1 fully saturated rings. The number of nitrogens with zero attached hydrogens (tertiary/aromatic N) is 1. The number of amidine groups is 1. The van der Waals surface area contributed by atoms with E-state index >= 15 is 0 Å². The van der Waals surface area contributed by atoms with Crippen LogP contribution in [0.2, 0.25) is 0 Å².